The van der Waals surface area contributed by atoms with Crippen molar-refractivity contribution in [1.82, 2.24) is 9.88 Å². The molecule has 0 radical (unpaired) electrons. The quantitative estimate of drug-likeness (QED) is 0.434. The third kappa shape index (κ3) is 5.45. The molecule has 0 atom stereocenters. The van der Waals surface area contributed by atoms with Gasteiger partial charge in [-0.05, 0) is 19.1 Å². The summed E-state index contributed by atoms with van der Waals surface area (Å²) in [6, 6.07) is 2.65. The predicted molar refractivity (Wildman–Crippen MR) is 101 cm³/mol. The first kappa shape index (κ1) is 21.2. The highest BCUT2D eigenvalue weighted by Crippen LogP contribution is 2.26. The van der Waals surface area contributed by atoms with E-state index in [1.54, 1.807) is 13.0 Å². The highest BCUT2D eigenvalue weighted by atomic mass is 19.3. The number of rotatable bonds is 7. The summed E-state index contributed by atoms with van der Waals surface area (Å²) in [6.07, 6.45) is 4.04. The number of aromatic nitrogens is 1. The van der Waals surface area contributed by atoms with Crippen LogP contribution in [0.3, 0.4) is 0 Å². The predicted octanol–water partition coefficient (Wildman–Crippen LogP) is 3.76. The van der Waals surface area contributed by atoms with Crippen LogP contribution < -0.4 is 5.32 Å². The first-order valence-electron chi connectivity index (χ1n) is 8.41. The van der Waals surface area contributed by atoms with Gasteiger partial charge in [-0.3, -0.25) is 9.78 Å². The standard InChI is InChI=1S/C19H21F3N4O2/c1-5-8-23-17(28-15-10-26(11-15)18(27)12(2)20)13(3)25-14-6-7-16(24-9-14)19(4,21)22/h5-9,15,25H,2-3,10-11H2,1,4H3/b8-5-,23-17?. The topological polar surface area (TPSA) is 66.8 Å². The van der Waals surface area contributed by atoms with Crippen LogP contribution in [0.1, 0.15) is 19.5 Å². The molecule has 1 amide bonds. The number of pyridine rings is 1. The Morgan fingerprint density at radius 2 is 2.11 bits per heavy atom. The number of alkyl halides is 2. The minimum absolute atomic E-state index is 0.152. The van der Waals surface area contributed by atoms with Crippen LogP contribution in [-0.2, 0) is 15.5 Å². The third-order valence-corrected chi connectivity index (χ3v) is 3.75. The number of allylic oxidation sites excluding steroid dienone is 1. The molecular formula is C19H21F3N4O2. The lowest BCUT2D eigenvalue weighted by atomic mass is 10.1. The van der Waals surface area contributed by atoms with Crippen LogP contribution in [0, 0.1) is 0 Å². The lowest BCUT2D eigenvalue weighted by molar-refractivity contribution is -0.137. The number of hydrogen-bond donors (Lipinski definition) is 1. The molecule has 0 spiro atoms. The van der Waals surface area contributed by atoms with Gasteiger partial charge in [0.05, 0.1) is 30.7 Å². The van der Waals surface area contributed by atoms with Gasteiger partial charge < -0.3 is 15.0 Å². The molecule has 0 aromatic carbocycles. The first-order valence-corrected chi connectivity index (χ1v) is 8.41. The van der Waals surface area contributed by atoms with Gasteiger partial charge in [0.25, 0.3) is 11.8 Å². The fraction of sp³-hybridized carbons (Fsp3) is 0.316. The van der Waals surface area contributed by atoms with Crippen molar-refractivity contribution in [3.63, 3.8) is 0 Å². The maximum absolute atomic E-state index is 13.2. The number of ether oxygens (including phenoxy) is 1. The molecule has 0 aliphatic carbocycles. The summed E-state index contributed by atoms with van der Waals surface area (Å²) in [5, 5.41) is 2.89. The van der Waals surface area contributed by atoms with E-state index in [0.717, 1.165) is 6.92 Å². The highest BCUT2D eigenvalue weighted by molar-refractivity contribution is 5.96. The lowest BCUT2D eigenvalue weighted by Crippen LogP contribution is -2.55. The number of carbonyl (C=O) groups excluding carboxylic acids is 1. The van der Waals surface area contributed by atoms with E-state index < -0.39 is 17.7 Å². The van der Waals surface area contributed by atoms with Gasteiger partial charge in [0, 0.05) is 13.1 Å². The Bertz CT molecular complexity index is 807. The van der Waals surface area contributed by atoms with Crippen molar-refractivity contribution in [3.8, 4) is 0 Å². The molecule has 1 aromatic rings. The number of anilines is 1. The summed E-state index contributed by atoms with van der Waals surface area (Å²) in [4.78, 5) is 20.6. The van der Waals surface area contributed by atoms with Crippen LogP contribution in [0.25, 0.3) is 0 Å². The molecule has 1 aliphatic rings. The zero-order valence-electron chi connectivity index (χ0n) is 15.6. The Morgan fingerprint density at radius 1 is 1.43 bits per heavy atom. The average Bonchev–Trinajstić information content (AvgIpc) is 2.59. The molecule has 28 heavy (non-hydrogen) atoms. The van der Waals surface area contributed by atoms with Crippen molar-refractivity contribution in [2.45, 2.75) is 25.9 Å². The molecule has 9 heteroatoms. The van der Waals surface area contributed by atoms with Crippen molar-refractivity contribution in [3.05, 3.63) is 61.0 Å². The van der Waals surface area contributed by atoms with Gasteiger partial charge in [-0.25, -0.2) is 9.38 Å². The minimum atomic E-state index is -3.03. The molecule has 2 rings (SSSR count). The molecule has 6 nitrogen and oxygen atoms in total. The van der Waals surface area contributed by atoms with Crippen LogP contribution >= 0.6 is 0 Å². The number of amides is 1. The molecule has 1 aromatic heterocycles. The summed E-state index contributed by atoms with van der Waals surface area (Å²) in [7, 11) is 0. The minimum Gasteiger partial charge on any atom is -0.469 e. The monoisotopic (exact) mass is 394 g/mol. The van der Waals surface area contributed by atoms with Crippen molar-refractivity contribution < 1.29 is 22.7 Å². The third-order valence-electron chi connectivity index (χ3n) is 3.75. The largest absolute Gasteiger partial charge is 0.469 e. The number of likely N-dealkylation sites (tertiary alicyclic amines) is 1. The Labute approximate surface area is 161 Å². The second-order valence-electron chi connectivity index (χ2n) is 6.20. The van der Waals surface area contributed by atoms with Crippen LogP contribution in [0.2, 0.25) is 0 Å². The van der Waals surface area contributed by atoms with Crippen LogP contribution in [-0.4, -0.2) is 40.9 Å². The second kappa shape index (κ2) is 8.73. The number of halogens is 3. The molecule has 150 valence electrons. The SMILES string of the molecule is C=C(F)C(=O)N1CC(OC(=N/C=C\C)C(=C)Nc2ccc(C(C)(F)F)nc2)C1. The van der Waals surface area contributed by atoms with E-state index in [2.05, 4.69) is 28.5 Å². The van der Waals surface area contributed by atoms with Crippen LogP contribution in [0.15, 0.2) is 60.3 Å². The fourth-order valence-corrected chi connectivity index (χ4v) is 2.28. The van der Waals surface area contributed by atoms with E-state index in [-0.39, 0.29) is 36.5 Å². The van der Waals surface area contributed by atoms with Crippen molar-refractivity contribution in [2.24, 2.45) is 4.99 Å². The molecule has 1 fully saturated rings. The molecule has 0 unspecified atom stereocenters. The van der Waals surface area contributed by atoms with E-state index >= 15 is 0 Å². The summed E-state index contributed by atoms with van der Waals surface area (Å²) < 4.78 is 45.0. The number of nitrogens with zero attached hydrogens (tertiary/aromatic N) is 3. The van der Waals surface area contributed by atoms with Gasteiger partial charge >= 0.3 is 0 Å². The van der Waals surface area contributed by atoms with Gasteiger partial charge in [-0.15, -0.1) is 0 Å². The molecule has 1 saturated heterocycles. The smallest absolute Gasteiger partial charge is 0.286 e. The number of hydrogen-bond acceptors (Lipinski definition) is 5. The zero-order valence-corrected chi connectivity index (χ0v) is 15.6. The molecule has 0 saturated carbocycles. The van der Waals surface area contributed by atoms with E-state index in [1.807, 2.05) is 0 Å². The van der Waals surface area contributed by atoms with E-state index in [0.29, 0.717) is 5.69 Å². The lowest BCUT2D eigenvalue weighted by Gasteiger charge is -2.38. The van der Waals surface area contributed by atoms with Gasteiger partial charge in [-0.2, -0.15) is 8.78 Å². The molecule has 0 bridgehead atoms. The number of nitrogens with one attached hydrogen (secondary N) is 1. The zero-order chi connectivity index (χ0) is 20.9. The van der Waals surface area contributed by atoms with Crippen LogP contribution in [0.5, 0.6) is 0 Å². The normalized spacial score (nSPS) is 15.3. The molecule has 2 heterocycles. The Hall–Kier alpha value is -3.10. The van der Waals surface area contributed by atoms with Gasteiger partial charge in [0.1, 0.15) is 11.8 Å². The molecule has 1 N–H and O–H groups in total. The Morgan fingerprint density at radius 3 is 2.61 bits per heavy atom. The van der Waals surface area contributed by atoms with Crippen molar-refractivity contribution >= 4 is 17.5 Å². The molecular weight excluding hydrogens is 373 g/mol. The van der Waals surface area contributed by atoms with Crippen LogP contribution in [0.4, 0.5) is 18.9 Å². The first-order chi connectivity index (χ1) is 13.1. The number of aliphatic imine (C=N–C) groups is 1. The average molecular weight is 394 g/mol. The number of carbonyl (C=O) groups is 1. The fourth-order valence-electron chi connectivity index (χ4n) is 2.28. The summed E-state index contributed by atoms with van der Waals surface area (Å²) >= 11 is 0. The van der Waals surface area contributed by atoms with Gasteiger partial charge in [-0.1, -0.05) is 19.2 Å². The van der Waals surface area contributed by atoms with Gasteiger partial charge in [0.15, 0.2) is 5.83 Å². The van der Waals surface area contributed by atoms with Crippen molar-refractivity contribution in [1.29, 1.82) is 0 Å². The second-order valence-corrected chi connectivity index (χ2v) is 6.20. The van der Waals surface area contributed by atoms with E-state index in [1.165, 1.54) is 29.4 Å². The summed E-state index contributed by atoms with van der Waals surface area (Å²) in [5.74, 6) is -4.68. The van der Waals surface area contributed by atoms with Gasteiger partial charge in [0.2, 0.25) is 5.90 Å². The van der Waals surface area contributed by atoms with E-state index in [4.69, 9.17) is 4.74 Å². The van der Waals surface area contributed by atoms with E-state index in [9.17, 15) is 18.0 Å². The summed E-state index contributed by atoms with van der Waals surface area (Å²) in [6.45, 7) is 9.71. The Balaban J connectivity index is 2.00. The van der Waals surface area contributed by atoms with Crippen molar-refractivity contribution in [2.75, 3.05) is 18.4 Å². The maximum Gasteiger partial charge on any atom is 0.286 e. The Kier molecular flexibility index (Phi) is 6.61. The summed E-state index contributed by atoms with van der Waals surface area (Å²) in [5.41, 5.74) is 0.348. The maximum atomic E-state index is 13.2. The highest BCUT2D eigenvalue weighted by Gasteiger charge is 2.34. The molecule has 1 aliphatic heterocycles.